The molecule has 0 radical (unpaired) electrons. The highest BCUT2D eigenvalue weighted by atomic mass is 16.3. The van der Waals surface area contributed by atoms with Crippen molar-refractivity contribution in [2.45, 2.75) is 27.2 Å². The van der Waals surface area contributed by atoms with Crippen molar-refractivity contribution in [1.29, 1.82) is 0 Å². The molecule has 0 aliphatic heterocycles. The minimum Gasteiger partial charge on any atom is -0.469 e. The quantitative estimate of drug-likeness (QED) is 0.590. The van der Waals surface area contributed by atoms with Crippen molar-refractivity contribution in [2.24, 2.45) is 0 Å². The molecule has 0 amide bonds. The van der Waals surface area contributed by atoms with Crippen LogP contribution in [0.25, 0.3) is 0 Å². The minimum atomic E-state index is 0.918. The standard InChI is InChI=1S/C10H14O/c1-8(2)4-5-10-9(3)6-7-11-10/h4,6-7H,5H2,1-3H3. The van der Waals surface area contributed by atoms with Gasteiger partial charge in [0.2, 0.25) is 0 Å². The van der Waals surface area contributed by atoms with Crippen LogP contribution in [0, 0.1) is 6.92 Å². The van der Waals surface area contributed by atoms with Gasteiger partial charge in [-0.15, -0.1) is 0 Å². The third kappa shape index (κ3) is 2.26. The van der Waals surface area contributed by atoms with Crippen LogP contribution in [0.1, 0.15) is 25.2 Å². The van der Waals surface area contributed by atoms with Crippen LogP contribution < -0.4 is 0 Å². The minimum absolute atomic E-state index is 0.918. The van der Waals surface area contributed by atoms with Crippen molar-refractivity contribution >= 4 is 0 Å². The molecule has 1 nitrogen and oxygen atoms in total. The Hall–Kier alpha value is -0.980. The Morgan fingerprint density at radius 3 is 2.73 bits per heavy atom. The van der Waals surface area contributed by atoms with Crippen LogP contribution in [0.4, 0.5) is 0 Å². The van der Waals surface area contributed by atoms with E-state index in [1.54, 1.807) is 6.26 Å². The molecular formula is C10H14O. The van der Waals surface area contributed by atoms with E-state index in [0.29, 0.717) is 0 Å². The van der Waals surface area contributed by atoms with Gasteiger partial charge in [-0.25, -0.2) is 0 Å². The summed E-state index contributed by atoms with van der Waals surface area (Å²) in [5.74, 6) is 1.08. The molecule has 0 atom stereocenters. The van der Waals surface area contributed by atoms with Crippen LogP contribution in [0.2, 0.25) is 0 Å². The number of aryl methyl sites for hydroxylation is 1. The molecule has 1 heteroatoms. The molecule has 0 fully saturated rings. The van der Waals surface area contributed by atoms with Gasteiger partial charge < -0.3 is 4.42 Å². The second-order valence-electron chi connectivity index (χ2n) is 3.01. The summed E-state index contributed by atoms with van der Waals surface area (Å²) in [5.41, 5.74) is 2.57. The van der Waals surface area contributed by atoms with E-state index in [9.17, 15) is 0 Å². The summed E-state index contributed by atoms with van der Waals surface area (Å²) in [6.07, 6.45) is 4.83. The van der Waals surface area contributed by atoms with Gasteiger partial charge in [-0.3, -0.25) is 0 Å². The van der Waals surface area contributed by atoms with Gasteiger partial charge in [-0.05, 0) is 32.4 Å². The fourth-order valence-corrected chi connectivity index (χ4v) is 0.910. The van der Waals surface area contributed by atoms with E-state index in [-0.39, 0.29) is 0 Å². The molecule has 0 spiro atoms. The molecule has 0 aliphatic carbocycles. The lowest BCUT2D eigenvalue weighted by atomic mass is 10.2. The predicted molar refractivity (Wildman–Crippen MR) is 46.6 cm³/mol. The van der Waals surface area contributed by atoms with Crippen LogP contribution in [0.5, 0.6) is 0 Å². The predicted octanol–water partition coefficient (Wildman–Crippen LogP) is 3.10. The van der Waals surface area contributed by atoms with Gasteiger partial charge in [0.15, 0.2) is 0 Å². The highest BCUT2D eigenvalue weighted by molar-refractivity contribution is 5.17. The number of allylic oxidation sites excluding steroid dienone is 2. The van der Waals surface area contributed by atoms with Gasteiger partial charge in [-0.1, -0.05) is 11.6 Å². The Morgan fingerprint density at radius 2 is 2.27 bits per heavy atom. The molecule has 0 unspecified atom stereocenters. The molecule has 60 valence electrons. The van der Waals surface area contributed by atoms with Crippen molar-refractivity contribution in [3.05, 3.63) is 35.3 Å². The van der Waals surface area contributed by atoms with E-state index in [1.165, 1.54) is 11.1 Å². The molecule has 1 aromatic rings. The second kappa shape index (κ2) is 3.42. The first kappa shape index (κ1) is 8.12. The fraction of sp³-hybridized carbons (Fsp3) is 0.400. The van der Waals surface area contributed by atoms with Crippen LogP contribution in [-0.4, -0.2) is 0 Å². The summed E-state index contributed by atoms with van der Waals surface area (Å²) in [5, 5.41) is 0. The highest BCUT2D eigenvalue weighted by Gasteiger charge is 1.97. The third-order valence-corrected chi connectivity index (χ3v) is 1.66. The zero-order valence-corrected chi connectivity index (χ0v) is 7.35. The van der Waals surface area contributed by atoms with E-state index in [2.05, 4.69) is 26.8 Å². The molecule has 1 aromatic heterocycles. The van der Waals surface area contributed by atoms with Crippen LogP contribution in [0.15, 0.2) is 28.4 Å². The molecule has 11 heavy (non-hydrogen) atoms. The van der Waals surface area contributed by atoms with Crippen molar-refractivity contribution in [2.75, 3.05) is 0 Å². The summed E-state index contributed by atoms with van der Waals surface area (Å²) in [4.78, 5) is 0. The fourth-order valence-electron chi connectivity index (χ4n) is 0.910. The monoisotopic (exact) mass is 150 g/mol. The Kier molecular flexibility index (Phi) is 2.53. The molecule has 0 bridgehead atoms. The first-order valence-corrected chi connectivity index (χ1v) is 3.86. The number of furan rings is 1. The summed E-state index contributed by atoms with van der Waals surface area (Å²) in [6, 6.07) is 1.99. The smallest absolute Gasteiger partial charge is 0.110 e. The summed E-state index contributed by atoms with van der Waals surface area (Å²) in [6.45, 7) is 6.26. The Bertz CT molecular complexity index is 252. The van der Waals surface area contributed by atoms with Gasteiger partial charge in [0.25, 0.3) is 0 Å². The maximum absolute atomic E-state index is 5.27. The average molecular weight is 150 g/mol. The summed E-state index contributed by atoms with van der Waals surface area (Å²) in [7, 11) is 0. The summed E-state index contributed by atoms with van der Waals surface area (Å²) >= 11 is 0. The lowest BCUT2D eigenvalue weighted by molar-refractivity contribution is 0.520. The van der Waals surface area contributed by atoms with Gasteiger partial charge in [-0.2, -0.15) is 0 Å². The number of hydrogen-bond donors (Lipinski definition) is 0. The van der Waals surface area contributed by atoms with Gasteiger partial charge >= 0.3 is 0 Å². The van der Waals surface area contributed by atoms with Crippen molar-refractivity contribution in [3.63, 3.8) is 0 Å². The topological polar surface area (TPSA) is 13.1 Å². The van der Waals surface area contributed by atoms with Gasteiger partial charge in [0.1, 0.15) is 5.76 Å². The third-order valence-electron chi connectivity index (χ3n) is 1.66. The molecule has 1 rings (SSSR count). The van der Waals surface area contributed by atoms with E-state index in [1.807, 2.05) is 6.07 Å². The first-order valence-electron chi connectivity index (χ1n) is 3.86. The van der Waals surface area contributed by atoms with Crippen molar-refractivity contribution < 1.29 is 4.42 Å². The zero-order valence-electron chi connectivity index (χ0n) is 7.35. The molecule has 0 saturated carbocycles. The molecule has 0 aromatic carbocycles. The Labute approximate surface area is 67.7 Å². The van der Waals surface area contributed by atoms with Crippen LogP contribution in [-0.2, 0) is 6.42 Å². The van der Waals surface area contributed by atoms with Gasteiger partial charge in [0.05, 0.1) is 6.26 Å². The maximum Gasteiger partial charge on any atom is 0.110 e. The van der Waals surface area contributed by atoms with Crippen molar-refractivity contribution in [3.8, 4) is 0 Å². The Balaban J connectivity index is 2.65. The lowest BCUT2D eigenvalue weighted by Gasteiger charge is -1.92. The molecule has 0 N–H and O–H groups in total. The molecular weight excluding hydrogens is 136 g/mol. The SMILES string of the molecule is CC(C)=CCc1occc1C. The molecule has 1 heterocycles. The average Bonchev–Trinajstić information content (AvgIpc) is 2.31. The van der Waals surface area contributed by atoms with Crippen molar-refractivity contribution in [1.82, 2.24) is 0 Å². The normalized spacial score (nSPS) is 9.73. The Morgan fingerprint density at radius 1 is 1.55 bits per heavy atom. The van der Waals surface area contributed by atoms with E-state index in [4.69, 9.17) is 4.42 Å². The van der Waals surface area contributed by atoms with Crippen LogP contribution in [0.3, 0.4) is 0 Å². The maximum atomic E-state index is 5.27. The zero-order chi connectivity index (χ0) is 8.27. The molecule has 0 aliphatic rings. The number of hydrogen-bond acceptors (Lipinski definition) is 1. The highest BCUT2D eigenvalue weighted by Crippen LogP contribution is 2.10. The first-order chi connectivity index (χ1) is 5.20. The van der Waals surface area contributed by atoms with Gasteiger partial charge in [0, 0.05) is 6.42 Å². The molecule has 0 saturated heterocycles. The second-order valence-corrected chi connectivity index (χ2v) is 3.01. The summed E-state index contributed by atoms with van der Waals surface area (Å²) < 4.78 is 5.27. The van der Waals surface area contributed by atoms with Crippen LogP contribution >= 0.6 is 0 Å². The van der Waals surface area contributed by atoms with E-state index < -0.39 is 0 Å². The van der Waals surface area contributed by atoms with E-state index in [0.717, 1.165) is 12.2 Å². The lowest BCUT2D eigenvalue weighted by Crippen LogP contribution is -1.80. The van der Waals surface area contributed by atoms with E-state index >= 15 is 0 Å². The number of rotatable bonds is 2. The largest absolute Gasteiger partial charge is 0.469 e.